The second kappa shape index (κ2) is 8.17. The second-order valence-electron chi connectivity index (χ2n) is 15.8. The predicted octanol–water partition coefficient (Wildman–Crippen LogP) is 8.35. The van der Waals surface area contributed by atoms with Gasteiger partial charge in [-0.3, -0.25) is 0 Å². The van der Waals surface area contributed by atoms with E-state index in [1.165, 1.54) is 44.1 Å². The molecular formula is C31H54O3Si. The van der Waals surface area contributed by atoms with Gasteiger partial charge in [-0.2, -0.15) is 0 Å². The maximum absolute atomic E-state index is 7.03. The lowest BCUT2D eigenvalue weighted by atomic mass is 9.43. The molecule has 0 aromatic carbocycles. The van der Waals surface area contributed by atoms with Gasteiger partial charge in [-0.25, -0.2) is 0 Å². The van der Waals surface area contributed by atoms with Crippen molar-refractivity contribution in [2.24, 2.45) is 40.4 Å². The van der Waals surface area contributed by atoms with Crippen LogP contribution in [0.5, 0.6) is 0 Å². The third kappa shape index (κ3) is 3.98. The fraction of sp³-hybridized carbons (Fsp3) is 0.935. The molecule has 5 aliphatic rings. The molecule has 10 atom stereocenters. The van der Waals surface area contributed by atoms with Crippen molar-refractivity contribution in [3.05, 3.63) is 12.2 Å². The Kier molecular flexibility index (Phi) is 6.17. The maximum atomic E-state index is 7.03. The molecule has 0 radical (unpaired) electrons. The molecular weight excluding hydrogens is 448 g/mol. The van der Waals surface area contributed by atoms with Gasteiger partial charge in [0.2, 0.25) is 0 Å². The van der Waals surface area contributed by atoms with Crippen molar-refractivity contribution in [1.82, 2.24) is 0 Å². The summed E-state index contributed by atoms with van der Waals surface area (Å²) in [5, 5.41) is 0.249. The number of hydrogen-bond donors (Lipinski definition) is 0. The molecule has 1 saturated heterocycles. The third-order valence-corrected chi connectivity index (χ3v) is 16.9. The first-order valence-electron chi connectivity index (χ1n) is 14.7. The summed E-state index contributed by atoms with van der Waals surface area (Å²) in [6.07, 6.45) is 9.76. The average Bonchev–Trinajstić information content (AvgIpc) is 3.23. The molecule has 3 nitrogen and oxygen atoms in total. The number of ether oxygens (including phenoxy) is 2. The van der Waals surface area contributed by atoms with Gasteiger partial charge in [-0.15, -0.1) is 0 Å². The molecule has 4 aliphatic carbocycles. The fourth-order valence-electron chi connectivity index (χ4n) is 9.66. The van der Waals surface area contributed by atoms with Gasteiger partial charge in [0.1, 0.15) is 0 Å². The summed E-state index contributed by atoms with van der Waals surface area (Å²) in [5.74, 6) is 2.79. The zero-order valence-corrected chi connectivity index (χ0v) is 25.5. The van der Waals surface area contributed by atoms with Crippen LogP contribution in [0.25, 0.3) is 0 Å². The smallest absolute Gasteiger partial charge is 0.192 e. The van der Waals surface area contributed by atoms with Crippen molar-refractivity contribution in [2.75, 3.05) is 0 Å². The molecule has 0 aromatic rings. The van der Waals surface area contributed by atoms with Crippen molar-refractivity contribution >= 4 is 8.32 Å². The molecule has 5 fully saturated rings. The highest BCUT2D eigenvalue weighted by atomic mass is 28.4. The highest BCUT2D eigenvalue weighted by Crippen LogP contribution is 2.70. The standard InChI is InChI=1S/C31H54O3Si/c1-19(2)21-12-13-22-25-23(15-17-30(21,22)8)31(9)16-14-20(34-35(10,11)28(3,4)5)18-24(31)26-27(25)33-29(6,7)32-26/h20-27H,1,12-18H2,2-11H3/t20?,21-,22?,23?,24?,25?,26-,27-,30-,31-/m1/s1. The van der Waals surface area contributed by atoms with Crippen LogP contribution in [0, 0.1) is 40.4 Å². The van der Waals surface area contributed by atoms with Crippen molar-refractivity contribution < 1.29 is 13.9 Å². The van der Waals surface area contributed by atoms with Crippen LogP contribution in [0.3, 0.4) is 0 Å². The largest absolute Gasteiger partial charge is 0.414 e. The summed E-state index contributed by atoms with van der Waals surface area (Å²) in [5.41, 5.74) is 2.10. The summed E-state index contributed by atoms with van der Waals surface area (Å²) in [6, 6.07) is 0. The molecule has 5 unspecified atom stereocenters. The third-order valence-electron chi connectivity index (χ3n) is 12.4. The Morgan fingerprint density at radius 1 is 0.857 bits per heavy atom. The highest BCUT2D eigenvalue weighted by Gasteiger charge is 2.68. The van der Waals surface area contributed by atoms with Gasteiger partial charge in [0.05, 0.1) is 12.2 Å². The Morgan fingerprint density at radius 3 is 2.09 bits per heavy atom. The lowest BCUT2D eigenvalue weighted by Crippen LogP contribution is -2.63. The normalized spacial score (nSPS) is 49.1. The number of fused-ring (bicyclic) bond motifs is 8. The van der Waals surface area contributed by atoms with Crippen molar-refractivity contribution in [1.29, 1.82) is 0 Å². The molecule has 5 rings (SSSR count). The van der Waals surface area contributed by atoms with Crippen LogP contribution in [0.15, 0.2) is 12.2 Å². The molecule has 0 spiro atoms. The minimum Gasteiger partial charge on any atom is -0.414 e. The molecule has 0 bridgehead atoms. The lowest BCUT2D eigenvalue weighted by molar-refractivity contribution is -0.187. The topological polar surface area (TPSA) is 27.7 Å². The second-order valence-corrected chi connectivity index (χ2v) is 20.5. The Morgan fingerprint density at radius 2 is 1.46 bits per heavy atom. The first-order chi connectivity index (χ1) is 16.0. The molecule has 35 heavy (non-hydrogen) atoms. The quantitative estimate of drug-likeness (QED) is 0.287. The fourth-order valence-corrected chi connectivity index (χ4v) is 11.1. The van der Waals surface area contributed by atoms with Gasteiger partial charge in [0.25, 0.3) is 0 Å². The van der Waals surface area contributed by atoms with E-state index in [1.807, 2.05) is 0 Å². The summed E-state index contributed by atoms with van der Waals surface area (Å²) < 4.78 is 20.8. The Hall–Kier alpha value is -0.163. The minimum atomic E-state index is -1.80. The van der Waals surface area contributed by atoms with Gasteiger partial charge >= 0.3 is 0 Å². The van der Waals surface area contributed by atoms with E-state index in [1.54, 1.807) is 0 Å². The maximum Gasteiger partial charge on any atom is 0.192 e. The van der Waals surface area contributed by atoms with Crippen molar-refractivity contribution in [2.45, 2.75) is 143 Å². The van der Waals surface area contributed by atoms with E-state index >= 15 is 0 Å². The summed E-state index contributed by atoms with van der Waals surface area (Å²) in [6.45, 7) is 28.2. The van der Waals surface area contributed by atoms with Crippen LogP contribution in [0.2, 0.25) is 18.1 Å². The SMILES string of the molecule is C=C(C)[C@H]1CCC2C3C(CC[C@@]21C)[C@@]1(C)CCC(O[Si](C)(C)C(C)(C)C)CC1[C@H]1OC(C)(C)O[C@H]31. The van der Waals surface area contributed by atoms with Crippen LogP contribution in [0.1, 0.15) is 100 Å². The predicted molar refractivity (Wildman–Crippen MR) is 147 cm³/mol. The molecule has 0 amide bonds. The van der Waals surface area contributed by atoms with E-state index in [0.29, 0.717) is 34.7 Å². The summed E-state index contributed by atoms with van der Waals surface area (Å²) in [4.78, 5) is 0. The van der Waals surface area contributed by atoms with Crippen LogP contribution in [-0.2, 0) is 13.9 Å². The molecule has 4 heteroatoms. The zero-order valence-electron chi connectivity index (χ0n) is 24.5. The van der Waals surface area contributed by atoms with Gasteiger partial charge in [0, 0.05) is 6.10 Å². The van der Waals surface area contributed by atoms with Gasteiger partial charge in [0.15, 0.2) is 14.1 Å². The Bertz CT molecular complexity index is 858. The van der Waals surface area contributed by atoms with Crippen molar-refractivity contribution in [3.63, 3.8) is 0 Å². The summed E-state index contributed by atoms with van der Waals surface area (Å²) in [7, 11) is -1.80. The zero-order chi connectivity index (χ0) is 25.8. The number of hydrogen-bond acceptors (Lipinski definition) is 3. The molecule has 4 saturated carbocycles. The van der Waals surface area contributed by atoms with Gasteiger partial charge in [-0.1, -0.05) is 46.8 Å². The molecule has 0 N–H and O–H groups in total. The Balaban J connectivity index is 1.47. The average molecular weight is 503 g/mol. The first kappa shape index (κ1) is 26.4. The van der Waals surface area contributed by atoms with Crippen molar-refractivity contribution in [3.8, 4) is 0 Å². The number of allylic oxidation sites excluding steroid dienone is 1. The number of rotatable bonds is 3. The Labute approximate surface area is 217 Å². The van der Waals surface area contributed by atoms with Crippen LogP contribution < -0.4 is 0 Å². The van der Waals surface area contributed by atoms with Crippen LogP contribution >= 0.6 is 0 Å². The highest BCUT2D eigenvalue weighted by molar-refractivity contribution is 6.74. The molecule has 1 aliphatic heterocycles. The van der Waals surface area contributed by atoms with Crippen LogP contribution in [-0.4, -0.2) is 32.4 Å². The lowest BCUT2D eigenvalue weighted by Gasteiger charge is -2.63. The molecule has 1 heterocycles. The van der Waals surface area contributed by atoms with Crippen LogP contribution in [0.4, 0.5) is 0 Å². The van der Waals surface area contributed by atoms with E-state index in [2.05, 4.69) is 75.1 Å². The first-order valence-corrected chi connectivity index (χ1v) is 17.6. The minimum absolute atomic E-state index is 0.202. The van der Waals surface area contributed by atoms with E-state index in [0.717, 1.165) is 18.3 Å². The van der Waals surface area contributed by atoms with E-state index < -0.39 is 14.1 Å². The van der Waals surface area contributed by atoms with E-state index in [4.69, 9.17) is 13.9 Å². The van der Waals surface area contributed by atoms with Gasteiger partial charge in [-0.05, 0) is 124 Å². The summed E-state index contributed by atoms with van der Waals surface area (Å²) >= 11 is 0. The van der Waals surface area contributed by atoms with Gasteiger partial charge < -0.3 is 13.9 Å². The molecule has 200 valence electrons. The van der Waals surface area contributed by atoms with E-state index in [9.17, 15) is 0 Å². The molecule has 0 aromatic heterocycles. The monoisotopic (exact) mass is 502 g/mol. The van der Waals surface area contributed by atoms with E-state index in [-0.39, 0.29) is 17.2 Å².